The number of benzene rings is 2. The average molecular weight is 267 g/mol. The highest BCUT2D eigenvalue weighted by Gasteiger charge is 2.31. The molecule has 102 valence electrons. The van der Waals surface area contributed by atoms with Gasteiger partial charge in [-0.2, -0.15) is 0 Å². The van der Waals surface area contributed by atoms with Crippen molar-refractivity contribution in [3.8, 4) is 0 Å². The minimum atomic E-state index is -0.0616. The summed E-state index contributed by atoms with van der Waals surface area (Å²) in [5, 5.41) is 2.02. The van der Waals surface area contributed by atoms with Crippen LogP contribution in [0.5, 0.6) is 0 Å². The van der Waals surface area contributed by atoms with Crippen molar-refractivity contribution in [1.82, 2.24) is 0 Å². The van der Waals surface area contributed by atoms with E-state index in [0.717, 1.165) is 22.9 Å². The van der Waals surface area contributed by atoms with Gasteiger partial charge in [0.15, 0.2) is 5.78 Å². The molecule has 0 fully saturated rings. The fourth-order valence-electron chi connectivity index (χ4n) is 2.68. The Hall–Kier alpha value is -2.16. The van der Waals surface area contributed by atoms with E-state index < -0.39 is 0 Å². The van der Waals surface area contributed by atoms with Gasteiger partial charge in [0.2, 0.25) is 0 Å². The van der Waals surface area contributed by atoms with Crippen LogP contribution in [-0.4, -0.2) is 18.2 Å². The van der Waals surface area contributed by atoms with Gasteiger partial charge in [0.25, 0.3) is 5.91 Å². The van der Waals surface area contributed by atoms with Crippen LogP contribution in [0.3, 0.4) is 0 Å². The summed E-state index contributed by atoms with van der Waals surface area (Å²) in [6.07, 6.45) is 0.804. The van der Waals surface area contributed by atoms with Crippen LogP contribution in [0.25, 0.3) is 10.8 Å². The molecule has 3 nitrogen and oxygen atoms in total. The molecule has 2 aromatic rings. The van der Waals surface area contributed by atoms with E-state index in [1.165, 1.54) is 0 Å². The number of hydrogen-bond donors (Lipinski definition) is 0. The van der Waals surface area contributed by atoms with Gasteiger partial charge in [-0.3, -0.25) is 9.59 Å². The van der Waals surface area contributed by atoms with Gasteiger partial charge in [-0.1, -0.05) is 38.1 Å². The van der Waals surface area contributed by atoms with E-state index in [9.17, 15) is 9.59 Å². The van der Waals surface area contributed by atoms with Crippen LogP contribution in [0.2, 0.25) is 0 Å². The van der Waals surface area contributed by atoms with Gasteiger partial charge in [0.1, 0.15) is 0 Å². The summed E-state index contributed by atoms with van der Waals surface area (Å²) < 4.78 is 0. The topological polar surface area (TPSA) is 37.4 Å². The SMILES string of the molecule is CCC(C)C(=O)CN1C(=O)c2cccc3cccc1c23. The standard InChI is InChI=1S/C17H17NO2/c1-3-11(2)15(19)10-18-14-9-5-7-12-6-4-8-13(16(12)14)17(18)20/h4-9,11H,3,10H2,1-2H3. The number of carbonyl (C=O) groups excluding carboxylic acids is 2. The first-order chi connectivity index (χ1) is 9.63. The van der Waals surface area contributed by atoms with E-state index >= 15 is 0 Å². The number of Topliss-reactive ketones (excluding diaryl/α,β-unsaturated/α-hetero) is 1. The van der Waals surface area contributed by atoms with Crippen LogP contribution in [0, 0.1) is 5.92 Å². The number of anilines is 1. The van der Waals surface area contributed by atoms with Gasteiger partial charge in [0.05, 0.1) is 12.2 Å². The van der Waals surface area contributed by atoms with Crippen molar-refractivity contribution in [2.75, 3.05) is 11.4 Å². The molecule has 1 aliphatic rings. The second kappa shape index (κ2) is 4.75. The predicted octanol–water partition coefficient (Wildman–Crippen LogP) is 3.42. The lowest BCUT2D eigenvalue weighted by molar-refractivity contribution is -0.121. The van der Waals surface area contributed by atoms with Crippen LogP contribution in [-0.2, 0) is 4.79 Å². The van der Waals surface area contributed by atoms with Crippen molar-refractivity contribution in [2.45, 2.75) is 20.3 Å². The number of carbonyl (C=O) groups is 2. The number of nitrogens with zero attached hydrogens (tertiary/aromatic N) is 1. The number of amides is 1. The van der Waals surface area contributed by atoms with Crippen molar-refractivity contribution < 1.29 is 9.59 Å². The summed E-state index contributed by atoms with van der Waals surface area (Å²) in [6, 6.07) is 11.6. The summed E-state index contributed by atoms with van der Waals surface area (Å²) in [6.45, 7) is 4.07. The maximum atomic E-state index is 12.5. The Labute approximate surface area is 118 Å². The Morgan fingerprint density at radius 2 is 1.90 bits per heavy atom. The second-order valence-corrected chi connectivity index (χ2v) is 5.35. The molecule has 1 atom stereocenters. The van der Waals surface area contributed by atoms with Crippen LogP contribution < -0.4 is 4.90 Å². The lowest BCUT2D eigenvalue weighted by atomic mass is 10.0. The molecule has 1 aliphatic heterocycles. The molecular formula is C17H17NO2. The minimum absolute atomic E-state index is 0.00860. The molecule has 0 saturated carbocycles. The summed E-state index contributed by atoms with van der Waals surface area (Å²) in [5.74, 6) is 0.0461. The summed E-state index contributed by atoms with van der Waals surface area (Å²) >= 11 is 0. The third-order valence-corrected chi connectivity index (χ3v) is 4.13. The molecule has 0 radical (unpaired) electrons. The minimum Gasteiger partial charge on any atom is -0.300 e. The van der Waals surface area contributed by atoms with Gasteiger partial charge >= 0.3 is 0 Å². The quantitative estimate of drug-likeness (QED) is 0.851. The maximum absolute atomic E-state index is 12.5. The summed E-state index contributed by atoms with van der Waals surface area (Å²) in [7, 11) is 0. The highest BCUT2D eigenvalue weighted by atomic mass is 16.2. The molecule has 0 aromatic heterocycles. The van der Waals surface area contributed by atoms with E-state index in [4.69, 9.17) is 0 Å². The van der Waals surface area contributed by atoms with Crippen molar-refractivity contribution in [1.29, 1.82) is 0 Å². The molecule has 0 bridgehead atoms. The van der Waals surface area contributed by atoms with Crippen molar-refractivity contribution in [2.24, 2.45) is 5.92 Å². The molecule has 0 aliphatic carbocycles. The number of hydrogen-bond acceptors (Lipinski definition) is 2. The first-order valence-corrected chi connectivity index (χ1v) is 6.99. The monoisotopic (exact) mass is 267 g/mol. The third-order valence-electron chi connectivity index (χ3n) is 4.13. The van der Waals surface area contributed by atoms with Crippen LogP contribution in [0.1, 0.15) is 30.6 Å². The first kappa shape index (κ1) is 12.9. The van der Waals surface area contributed by atoms with Crippen LogP contribution in [0.15, 0.2) is 36.4 Å². The normalized spacial score (nSPS) is 14.9. The molecule has 3 heteroatoms. The molecule has 0 spiro atoms. The molecule has 20 heavy (non-hydrogen) atoms. The summed E-state index contributed by atoms with van der Waals surface area (Å²) in [5.41, 5.74) is 1.56. The van der Waals surface area contributed by atoms with Gasteiger partial charge in [0, 0.05) is 16.9 Å². The van der Waals surface area contributed by atoms with E-state index in [1.54, 1.807) is 4.90 Å². The van der Waals surface area contributed by atoms with Crippen molar-refractivity contribution >= 4 is 28.2 Å². The van der Waals surface area contributed by atoms with Gasteiger partial charge in [-0.25, -0.2) is 0 Å². The smallest absolute Gasteiger partial charge is 0.259 e. The number of ketones is 1. The van der Waals surface area contributed by atoms with Gasteiger partial charge in [-0.15, -0.1) is 0 Å². The molecule has 0 saturated heterocycles. The summed E-state index contributed by atoms with van der Waals surface area (Å²) in [4.78, 5) is 26.3. The predicted molar refractivity (Wildman–Crippen MR) is 80.1 cm³/mol. The van der Waals surface area contributed by atoms with Crippen LogP contribution in [0.4, 0.5) is 5.69 Å². The van der Waals surface area contributed by atoms with E-state index in [0.29, 0.717) is 5.56 Å². The third kappa shape index (κ3) is 1.82. The zero-order valence-electron chi connectivity index (χ0n) is 11.7. The van der Waals surface area contributed by atoms with Crippen LogP contribution >= 0.6 is 0 Å². The Morgan fingerprint density at radius 3 is 2.60 bits per heavy atom. The van der Waals surface area contributed by atoms with E-state index in [1.807, 2.05) is 50.2 Å². The zero-order valence-corrected chi connectivity index (χ0v) is 11.7. The highest BCUT2D eigenvalue weighted by molar-refractivity contribution is 6.26. The second-order valence-electron chi connectivity index (χ2n) is 5.35. The Bertz CT molecular complexity index is 700. The molecule has 1 amide bonds. The largest absolute Gasteiger partial charge is 0.300 e. The molecule has 3 rings (SSSR count). The molecule has 0 N–H and O–H groups in total. The Balaban J connectivity index is 2.03. The lowest BCUT2D eigenvalue weighted by Crippen LogP contribution is -2.34. The fraction of sp³-hybridized carbons (Fsp3) is 0.294. The number of rotatable bonds is 4. The maximum Gasteiger partial charge on any atom is 0.259 e. The molecule has 2 aromatic carbocycles. The molecule has 1 unspecified atom stereocenters. The van der Waals surface area contributed by atoms with E-state index in [2.05, 4.69) is 0 Å². The first-order valence-electron chi connectivity index (χ1n) is 6.99. The van der Waals surface area contributed by atoms with E-state index in [-0.39, 0.29) is 24.2 Å². The lowest BCUT2D eigenvalue weighted by Gasteiger charge is -2.18. The Morgan fingerprint density at radius 1 is 1.20 bits per heavy atom. The van der Waals surface area contributed by atoms with Gasteiger partial charge in [-0.05, 0) is 23.9 Å². The van der Waals surface area contributed by atoms with Crippen molar-refractivity contribution in [3.63, 3.8) is 0 Å². The molecular weight excluding hydrogens is 250 g/mol. The Kier molecular flexibility index (Phi) is 3.05. The van der Waals surface area contributed by atoms with Gasteiger partial charge < -0.3 is 4.90 Å². The zero-order chi connectivity index (χ0) is 14.3. The van der Waals surface area contributed by atoms with Crippen molar-refractivity contribution in [3.05, 3.63) is 42.0 Å². The average Bonchev–Trinajstić information content (AvgIpc) is 2.74. The molecule has 1 heterocycles. The fourth-order valence-corrected chi connectivity index (χ4v) is 2.68. The highest BCUT2D eigenvalue weighted by Crippen LogP contribution is 2.37.